The van der Waals surface area contributed by atoms with Gasteiger partial charge >= 0.3 is 0 Å². The van der Waals surface area contributed by atoms with Crippen molar-refractivity contribution in [1.29, 1.82) is 5.26 Å². The van der Waals surface area contributed by atoms with Crippen LogP contribution in [-0.2, 0) is 0 Å². The summed E-state index contributed by atoms with van der Waals surface area (Å²) in [5.74, 6) is 0.498. The molecule has 1 aliphatic carbocycles. The normalized spacial score (nSPS) is 16.7. The lowest BCUT2D eigenvalue weighted by Gasteiger charge is -2.03. The van der Waals surface area contributed by atoms with Crippen LogP contribution in [0.4, 0.5) is 0 Å². The summed E-state index contributed by atoms with van der Waals surface area (Å²) < 4.78 is 1.60. The smallest absolute Gasteiger partial charge is 0.179 e. The largest absolute Gasteiger partial charge is 0.234 e. The maximum atomic E-state index is 8.76. The fourth-order valence-electron chi connectivity index (χ4n) is 2.33. The molecule has 0 spiro atoms. The van der Waals surface area contributed by atoms with E-state index in [2.05, 4.69) is 15.3 Å². The van der Waals surface area contributed by atoms with Gasteiger partial charge in [0.05, 0.1) is 11.8 Å². The summed E-state index contributed by atoms with van der Waals surface area (Å²) in [5.41, 5.74) is 2.29. The zero-order valence-electron chi connectivity index (χ0n) is 8.80. The van der Waals surface area contributed by atoms with Crippen molar-refractivity contribution in [2.24, 2.45) is 0 Å². The van der Waals surface area contributed by atoms with Gasteiger partial charge in [0, 0.05) is 12.1 Å². The second-order valence-electron chi connectivity index (χ2n) is 4.18. The molecule has 2 heterocycles. The predicted octanol–water partition coefficient (Wildman–Crippen LogP) is 1.65. The SMILES string of the molecule is N#Cc1cnc2c(C3CCCC3)nnn2c1. The summed E-state index contributed by atoms with van der Waals surface area (Å²) in [7, 11) is 0. The molecular formula is C11H11N5. The molecule has 80 valence electrons. The number of hydrogen-bond acceptors (Lipinski definition) is 4. The summed E-state index contributed by atoms with van der Waals surface area (Å²) in [6.45, 7) is 0. The lowest BCUT2D eigenvalue weighted by molar-refractivity contribution is 0.693. The minimum Gasteiger partial charge on any atom is -0.234 e. The predicted molar refractivity (Wildman–Crippen MR) is 56.7 cm³/mol. The molecular weight excluding hydrogens is 202 g/mol. The molecule has 2 aromatic rings. The highest BCUT2D eigenvalue weighted by molar-refractivity contribution is 5.45. The highest BCUT2D eigenvalue weighted by Crippen LogP contribution is 2.34. The van der Waals surface area contributed by atoms with E-state index in [1.807, 2.05) is 6.07 Å². The van der Waals surface area contributed by atoms with Gasteiger partial charge in [-0.1, -0.05) is 18.1 Å². The van der Waals surface area contributed by atoms with Crippen LogP contribution in [0.5, 0.6) is 0 Å². The third-order valence-electron chi connectivity index (χ3n) is 3.15. The van der Waals surface area contributed by atoms with Crippen LogP contribution in [0.25, 0.3) is 5.65 Å². The molecule has 0 atom stereocenters. The van der Waals surface area contributed by atoms with Gasteiger partial charge in [-0.15, -0.1) is 5.10 Å². The summed E-state index contributed by atoms with van der Waals surface area (Å²) in [4.78, 5) is 4.27. The second-order valence-corrected chi connectivity index (χ2v) is 4.18. The summed E-state index contributed by atoms with van der Waals surface area (Å²) >= 11 is 0. The van der Waals surface area contributed by atoms with Gasteiger partial charge in [-0.05, 0) is 12.8 Å². The Morgan fingerprint density at radius 1 is 1.38 bits per heavy atom. The van der Waals surface area contributed by atoms with Gasteiger partial charge in [0.25, 0.3) is 0 Å². The first kappa shape index (κ1) is 9.28. The van der Waals surface area contributed by atoms with E-state index in [0.717, 1.165) is 11.3 Å². The molecule has 16 heavy (non-hydrogen) atoms. The van der Waals surface area contributed by atoms with Crippen LogP contribution >= 0.6 is 0 Å². The highest BCUT2D eigenvalue weighted by atomic mass is 15.4. The van der Waals surface area contributed by atoms with E-state index in [4.69, 9.17) is 5.26 Å². The average molecular weight is 213 g/mol. The van der Waals surface area contributed by atoms with E-state index in [9.17, 15) is 0 Å². The van der Waals surface area contributed by atoms with Gasteiger partial charge < -0.3 is 0 Å². The molecule has 0 unspecified atom stereocenters. The van der Waals surface area contributed by atoms with E-state index in [1.54, 1.807) is 16.9 Å². The van der Waals surface area contributed by atoms with E-state index >= 15 is 0 Å². The fraction of sp³-hybridized carbons (Fsp3) is 0.455. The number of aromatic nitrogens is 4. The van der Waals surface area contributed by atoms with Crippen molar-refractivity contribution in [2.45, 2.75) is 31.6 Å². The lowest BCUT2D eigenvalue weighted by atomic mass is 10.0. The van der Waals surface area contributed by atoms with Gasteiger partial charge in [-0.25, -0.2) is 9.50 Å². The minimum atomic E-state index is 0.498. The Hall–Kier alpha value is -1.96. The van der Waals surface area contributed by atoms with Gasteiger partial charge in [-0.2, -0.15) is 5.26 Å². The highest BCUT2D eigenvalue weighted by Gasteiger charge is 2.22. The lowest BCUT2D eigenvalue weighted by Crippen LogP contribution is -1.96. The summed E-state index contributed by atoms with van der Waals surface area (Å²) in [6.07, 6.45) is 8.14. The number of nitrogens with zero attached hydrogens (tertiary/aromatic N) is 5. The maximum absolute atomic E-state index is 8.76. The zero-order valence-corrected chi connectivity index (χ0v) is 8.80. The first-order chi connectivity index (χ1) is 7.88. The number of rotatable bonds is 1. The molecule has 2 aromatic heterocycles. The van der Waals surface area contributed by atoms with Gasteiger partial charge in [-0.3, -0.25) is 0 Å². The molecule has 0 aliphatic heterocycles. The van der Waals surface area contributed by atoms with Crippen molar-refractivity contribution in [2.75, 3.05) is 0 Å². The molecule has 5 nitrogen and oxygen atoms in total. The Morgan fingerprint density at radius 2 is 2.19 bits per heavy atom. The van der Waals surface area contributed by atoms with Crippen LogP contribution < -0.4 is 0 Å². The van der Waals surface area contributed by atoms with E-state index in [0.29, 0.717) is 11.5 Å². The van der Waals surface area contributed by atoms with E-state index in [1.165, 1.54) is 25.7 Å². The maximum Gasteiger partial charge on any atom is 0.179 e. The monoisotopic (exact) mass is 213 g/mol. The molecule has 0 bridgehead atoms. The molecule has 0 radical (unpaired) electrons. The topological polar surface area (TPSA) is 66.9 Å². The molecule has 1 aliphatic rings. The minimum absolute atomic E-state index is 0.498. The van der Waals surface area contributed by atoms with Crippen LogP contribution in [-0.4, -0.2) is 19.8 Å². The van der Waals surface area contributed by atoms with Crippen molar-refractivity contribution >= 4 is 5.65 Å². The van der Waals surface area contributed by atoms with Crippen molar-refractivity contribution in [1.82, 2.24) is 19.8 Å². The molecule has 1 fully saturated rings. The van der Waals surface area contributed by atoms with Gasteiger partial charge in [0.2, 0.25) is 0 Å². The zero-order chi connectivity index (χ0) is 11.0. The summed E-state index contributed by atoms with van der Waals surface area (Å²) in [6, 6.07) is 2.05. The van der Waals surface area contributed by atoms with Gasteiger partial charge in [0.1, 0.15) is 11.8 Å². The third kappa shape index (κ3) is 1.34. The van der Waals surface area contributed by atoms with Crippen molar-refractivity contribution in [3.63, 3.8) is 0 Å². The molecule has 0 saturated heterocycles. The number of fused-ring (bicyclic) bond motifs is 1. The van der Waals surface area contributed by atoms with Crippen molar-refractivity contribution < 1.29 is 0 Å². The Kier molecular flexibility index (Phi) is 2.07. The van der Waals surface area contributed by atoms with E-state index < -0.39 is 0 Å². The molecule has 0 aromatic carbocycles. The third-order valence-corrected chi connectivity index (χ3v) is 3.15. The quantitative estimate of drug-likeness (QED) is 0.722. The molecule has 3 rings (SSSR count). The second kappa shape index (κ2) is 3.56. The van der Waals surface area contributed by atoms with E-state index in [-0.39, 0.29) is 0 Å². The fourth-order valence-corrected chi connectivity index (χ4v) is 2.33. The van der Waals surface area contributed by atoms with Crippen molar-refractivity contribution in [3.05, 3.63) is 23.7 Å². The standard InChI is InChI=1S/C11H11N5/c12-5-8-6-13-11-10(9-3-1-2-4-9)14-15-16(11)7-8/h6-7,9H,1-4H2. The Labute approximate surface area is 92.7 Å². The van der Waals surface area contributed by atoms with Gasteiger partial charge in [0.15, 0.2) is 5.65 Å². The van der Waals surface area contributed by atoms with Crippen LogP contribution in [0.15, 0.2) is 12.4 Å². The van der Waals surface area contributed by atoms with Crippen LogP contribution in [0, 0.1) is 11.3 Å². The van der Waals surface area contributed by atoms with Crippen molar-refractivity contribution in [3.8, 4) is 6.07 Å². The van der Waals surface area contributed by atoms with Crippen LogP contribution in [0.2, 0.25) is 0 Å². The number of nitriles is 1. The Morgan fingerprint density at radius 3 is 2.94 bits per heavy atom. The first-order valence-corrected chi connectivity index (χ1v) is 5.49. The number of hydrogen-bond donors (Lipinski definition) is 0. The Bertz CT molecular complexity index is 559. The molecule has 0 amide bonds. The van der Waals surface area contributed by atoms with Crippen LogP contribution in [0.3, 0.4) is 0 Å². The average Bonchev–Trinajstić information content (AvgIpc) is 2.96. The molecule has 5 heteroatoms. The molecule has 0 N–H and O–H groups in total. The summed E-state index contributed by atoms with van der Waals surface area (Å²) in [5, 5.41) is 17.0. The van der Waals surface area contributed by atoms with Crippen LogP contribution in [0.1, 0.15) is 42.9 Å². The first-order valence-electron chi connectivity index (χ1n) is 5.49. The Balaban J connectivity index is 2.10. The molecule has 1 saturated carbocycles.